The van der Waals surface area contributed by atoms with Crippen LogP contribution in [0, 0.1) is 12.7 Å². The maximum atomic E-state index is 13.6. The number of halogens is 2. The lowest BCUT2D eigenvalue weighted by molar-refractivity contribution is 0.388. The molecule has 88 valence electrons. The molecule has 2 rings (SSSR count). The molecule has 1 aromatic rings. The molecule has 16 heavy (non-hydrogen) atoms. The maximum Gasteiger partial charge on any atom is 0.139 e. The van der Waals surface area contributed by atoms with Gasteiger partial charge in [0.05, 0.1) is 5.02 Å². The van der Waals surface area contributed by atoms with Gasteiger partial charge in [-0.1, -0.05) is 11.6 Å². The van der Waals surface area contributed by atoms with Gasteiger partial charge < -0.3 is 10.4 Å². The number of rotatable bonds is 1. The van der Waals surface area contributed by atoms with E-state index in [0.29, 0.717) is 11.1 Å². The van der Waals surface area contributed by atoms with Crippen LogP contribution in [0.3, 0.4) is 0 Å². The molecule has 1 saturated heterocycles. The largest absolute Gasteiger partial charge is 0.506 e. The molecule has 2 N–H and O–H groups in total. The van der Waals surface area contributed by atoms with Gasteiger partial charge in [0, 0.05) is 11.1 Å². The summed E-state index contributed by atoms with van der Waals surface area (Å²) in [7, 11) is 0. The Kier molecular flexibility index (Phi) is 2.84. The number of benzene rings is 1. The van der Waals surface area contributed by atoms with E-state index in [9.17, 15) is 9.50 Å². The first-order valence-corrected chi connectivity index (χ1v) is 5.76. The quantitative estimate of drug-likeness (QED) is 0.795. The Bertz CT molecular complexity index is 401. The van der Waals surface area contributed by atoms with E-state index in [4.69, 9.17) is 11.6 Å². The van der Waals surface area contributed by atoms with Crippen molar-refractivity contribution in [1.82, 2.24) is 5.32 Å². The predicted octanol–water partition coefficient (Wildman–Crippen LogP) is 3.09. The van der Waals surface area contributed by atoms with E-state index >= 15 is 0 Å². The van der Waals surface area contributed by atoms with Crippen LogP contribution in [0.15, 0.2) is 6.07 Å². The third kappa shape index (κ3) is 1.68. The lowest BCUT2D eigenvalue weighted by atomic mass is 9.86. The second-order valence-corrected chi connectivity index (χ2v) is 4.96. The van der Waals surface area contributed by atoms with Gasteiger partial charge in [-0.05, 0) is 44.9 Å². The van der Waals surface area contributed by atoms with E-state index in [1.165, 1.54) is 0 Å². The van der Waals surface area contributed by atoms with Crippen molar-refractivity contribution in [1.29, 1.82) is 0 Å². The molecule has 0 radical (unpaired) electrons. The fourth-order valence-electron chi connectivity index (χ4n) is 2.49. The Morgan fingerprint density at radius 2 is 2.25 bits per heavy atom. The summed E-state index contributed by atoms with van der Waals surface area (Å²) in [4.78, 5) is 0. The van der Waals surface area contributed by atoms with Crippen molar-refractivity contribution in [2.24, 2.45) is 0 Å². The molecule has 1 aliphatic rings. The second kappa shape index (κ2) is 3.90. The Morgan fingerprint density at radius 1 is 1.56 bits per heavy atom. The van der Waals surface area contributed by atoms with E-state index in [2.05, 4.69) is 5.32 Å². The molecule has 0 amide bonds. The van der Waals surface area contributed by atoms with Gasteiger partial charge in [0.2, 0.25) is 0 Å². The van der Waals surface area contributed by atoms with E-state index in [0.717, 1.165) is 25.5 Å². The van der Waals surface area contributed by atoms with Crippen molar-refractivity contribution in [3.63, 3.8) is 0 Å². The Morgan fingerprint density at radius 3 is 2.81 bits per heavy atom. The van der Waals surface area contributed by atoms with Crippen LogP contribution >= 0.6 is 11.6 Å². The van der Waals surface area contributed by atoms with E-state index in [1.807, 2.05) is 6.92 Å². The molecule has 1 unspecified atom stereocenters. The Labute approximate surface area is 99.4 Å². The average Bonchev–Trinajstić information content (AvgIpc) is 2.63. The monoisotopic (exact) mass is 243 g/mol. The zero-order valence-electron chi connectivity index (χ0n) is 9.40. The molecule has 0 spiro atoms. The topological polar surface area (TPSA) is 32.3 Å². The van der Waals surface area contributed by atoms with E-state index in [1.54, 1.807) is 6.92 Å². The van der Waals surface area contributed by atoms with Crippen LogP contribution in [0.1, 0.15) is 30.9 Å². The van der Waals surface area contributed by atoms with Crippen LogP contribution < -0.4 is 5.32 Å². The molecule has 4 heteroatoms. The minimum Gasteiger partial charge on any atom is -0.506 e. The van der Waals surface area contributed by atoms with Crippen molar-refractivity contribution < 1.29 is 9.50 Å². The molecule has 0 aliphatic carbocycles. The number of phenolic OH excluding ortho intramolecular Hbond substituents is 1. The number of nitrogens with one attached hydrogen (secondary N) is 1. The third-order valence-corrected chi connectivity index (χ3v) is 3.66. The highest BCUT2D eigenvalue weighted by atomic mass is 35.5. The lowest BCUT2D eigenvalue weighted by Gasteiger charge is -2.28. The highest BCUT2D eigenvalue weighted by molar-refractivity contribution is 6.32. The maximum absolute atomic E-state index is 13.6. The molecule has 1 heterocycles. The normalized spacial score (nSPS) is 25.0. The Balaban J connectivity index is 2.63. The van der Waals surface area contributed by atoms with E-state index < -0.39 is 0 Å². The van der Waals surface area contributed by atoms with Crippen LogP contribution in [0.4, 0.5) is 4.39 Å². The standard InChI is InChI=1S/C12H15ClFNO/c1-7-9(14)6-8(13)11(16)10(7)12(2)4-3-5-15-12/h6,15-16H,3-5H2,1-2H3. The molecule has 2 nitrogen and oxygen atoms in total. The average molecular weight is 244 g/mol. The van der Waals surface area contributed by atoms with Gasteiger partial charge in [0.15, 0.2) is 0 Å². The SMILES string of the molecule is Cc1c(F)cc(Cl)c(O)c1C1(C)CCCN1. The first-order valence-electron chi connectivity index (χ1n) is 5.39. The van der Waals surface area contributed by atoms with Gasteiger partial charge in [-0.15, -0.1) is 0 Å². The van der Waals surface area contributed by atoms with Crippen LogP contribution in [0.5, 0.6) is 5.75 Å². The fraction of sp³-hybridized carbons (Fsp3) is 0.500. The lowest BCUT2D eigenvalue weighted by Crippen LogP contribution is -2.34. The van der Waals surface area contributed by atoms with Gasteiger partial charge in [0.1, 0.15) is 11.6 Å². The van der Waals surface area contributed by atoms with Gasteiger partial charge >= 0.3 is 0 Å². The zero-order chi connectivity index (χ0) is 11.9. The first-order chi connectivity index (χ1) is 7.46. The molecule has 1 fully saturated rings. The molecule has 0 bridgehead atoms. The van der Waals surface area contributed by atoms with E-state index in [-0.39, 0.29) is 22.1 Å². The molecule has 1 aliphatic heterocycles. The minimum absolute atomic E-state index is 0.00235. The second-order valence-electron chi connectivity index (χ2n) is 4.55. The zero-order valence-corrected chi connectivity index (χ0v) is 10.2. The van der Waals surface area contributed by atoms with Gasteiger partial charge in [0.25, 0.3) is 0 Å². The van der Waals surface area contributed by atoms with Crippen molar-refractivity contribution >= 4 is 11.6 Å². The van der Waals surface area contributed by atoms with Crippen LogP contribution in [-0.2, 0) is 5.54 Å². The Hall–Kier alpha value is -0.800. The summed E-state index contributed by atoms with van der Waals surface area (Å²) in [6, 6.07) is 1.16. The number of aromatic hydroxyl groups is 1. The van der Waals surface area contributed by atoms with Crippen molar-refractivity contribution in [2.75, 3.05) is 6.54 Å². The summed E-state index contributed by atoms with van der Waals surface area (Å²) in [6.45, 7) is 4.52. The van der Waals surface area contributed by atoms with Crippen molar-refractivity contribution in [2.45, 2.75) is 32.2 Å². The number of hydrogen-bond donors (Lipinski definition) is 2. The fourth-order valence-corrected chi connectivity index (χ4v) is 2.68. The predicted molar refractivity (Wildman–Crippen MR) is 62.4 cm³/mol. The van der Waals surface area contributed by atoms with Gasteiger partial charge in [-0.2, -0.15) is 0 Å². The number of hydrogen-bond acceptors (Lipinski definition) is 2. The molecular weight excluding hydrogens is 229 g/mol. The summed E-state index contributed by atoms with van der Waals surface area (Å²) in [5, 5.41) is 13.4. The molecule has 1 aromatic carbocycles. The molecular formula is C12H15ClFNO. The smallest absolute Gasteiger partial charge is 0.139 e. The third-order valence-electron chi connectivity index (χ3n) is 3.37. The van der Waals surface area contributed by atoms with Crippen LogP contribution in [0.2, 0.25) is 5.02 Å². The summed E-state index contributed by atoms with van der Waals surface area (Å²) < 4.78 is 13.6. The first kappa shape index (κ1) is 11.7. The molecule has 1 atom stereocenters. The van der Waals surface area contributed by atoms with Crippen molar-refractivity contribution in [3.8, 4) is 5.75 Å². The highest BCUT2D eigenvalue weighted by Crippen LogP contribution is 2.42. The molecule has 0 saturated carbocycles. The van der Waals surface area contributed by atoms with Crippen molar-refractivity contribution in [3.05, 3.63) is 28.0 Å². The van der Waals surface area contributed by atoms with Gasteiger partial charge in [-0.25, -0.2) is 4.39 Å². The molecule has 0 aromatic heterocycles. The summed E-state index contributed by atoms with van der Waals surface area (Å²) >= 11 is 5.81. The van der Waals surface area contributed by atoms with Crippen LogP contribution in [-0.4, -0.2) is 11.7 Å². The summed E-state index contributed by atoms with van der Waals surface area (Å²) in [6.07, 6.45) is 1.89. The highest BCUT2D eigenvalue weighted by Gasteiger charge is 2.35. The summed E-state index contributed by atoms with van der Waals surface area (Å²) in [5.41, 5.74) is 0.689. The van der Waals surface area contributed by atoms with Gasteiger partial charge in [-0.3, -0.25) is 0 Å². The van der Waals surface area contributed by atoms with Crippen LogP contribution in [0.25, 0.3) is 0 Å². The number of phenols is 1. The summed E-state index contributed by atoms with van der Waals surface area (Å²) in [5.74, 6) is -0.370. The minimum atomic E-state index is -0.375.